The quantitative estimate of drug-likeness (QED) is 0.225. The van der Waals surface area contributed by atoms with Gasteiger partial charge in [0.25, 0.3) is 5.91 Å². The van der Waals surface area contributed by atoms with E-state index in [0.717, 1.165) is 16.8 Å². The molecule has 3 rings (SSSR count). The van der Waals surface area contributed by atoms with Crippen molar-refractivity contribution in [2.75, 3.05) is 11.9 Å². The van der Waals surface area contributed by atoms with Crippen molar-refractivity contribution in [1.29, 1.82) is 0 Å². The Morgan fingerprint density at radius 3 is 2.52 bits per heavy atom. The normalized spacial score (nSPS) is 10.7. The van der Waals surface area contributed by atoms with Crippen molar-refractivity contribution in [3.63, 3.8) is 0 Å². The molecule has 0 fully saturated rings. The second kappa shape index (κ2) is 10.6. The Kier molecular flexibility index (Phi) is 7.65. The molecule has 0 atom stereocenters. The number of carbonyl (C=O) groups excluding carboxylic acids is 2. The molecule has 0 heterocycles. The third kappa shape index (κ3) is 6.84. The molecule has 8 heteroatoms. The van der Waals surface area contributed by atoms with Crippen molar-refractivity contribution >= 4 is 47.0 Å². The minimum Gasteiger partial charge on any atom is -0.423 e. The monoisotopic (exact) mass is 455 g/mol. The first-order chi connectivity index (χ1) is 14.9. The Morgan fingerprint density at radius 1 is 1.03 bits per heavy atom. The maximum absolute atomic E-state index is 12.2. The standard InChI is InChI=1S/C23H19Cl2N3O3/c1-15-3-2-4-18(11-15)26-14-22(29)28-27-13-16-5-8-19(9-6-16)31-23(30)20-10-7-17(24)12-21(20)25/h2-13,26H,14H2,1H3,(H,28,29). The number of amides is 1. The molecule has 158 valence electrons. The molecule has 0 aliphatic rings. The van der Waals surface area contributed by atoms with Crippen LogP contribution in [0.2, 0.25) is 10.0 Å². The number of hydrogen-bond acceptors (Lipinski definition) is 5. The van der Waals surface area contributed by atoms with Crippen LogP contribution < -0.4 is 15.5 Å². The van der Waals surface area contributed by atoms with Gasteiger partial charge in [-0.05, 0) is 72.6 Å². The summed E-state index contributed by atoms with van der Waals surface area (Å²) in [5, 5.41) is 7.61. The van der Waals surface area contributed by atoms with Crippen molar-refractivity contribution in [1.82, 2.24) is 5.43 Å². The van der Waals surface area contributed by atoms with E-state index in [2.05, 4.69) is 15.8 Å². The summed E-state index contributed by atoms with van der Waals surface area (Å²) in [7, 11) is 0. The summed E-state index contributed by atoms with van der Waals surface area (Å²) in [6.07, 6.45) is 1.49. The van der Waals surface area contributed by atoms with Gasteiger partial charge in [-0.25, -0.2) is 10.2 Å². The van der Waals surface area contributed by atoms with E-state index in [1.807, 2.05) is 31.2 Å². The number of benzene rings is 3. The number of anilines is 1. The lowest BCUT2D eigenvalue weighted by Crippen LogP contribution is -2.25. The zero-order valence-electron chi connectivity index (χ0n) is 16.6. The van der Waals surface area contributed by atoms with E-state index in [1.165, 1.54) is 18.3 Å². The summed E-state index contributed by atoms with van der Waals surface area (Å²) in [5.41, 5.74) is 5.36. The highest BCUT2D eigenvalue weighted by atomic mass is 35.5. The number of rotatable bonds is 7. The molecule has 0 saturated heterocycles. The molecule has 6 nitrogen and oxygen atoms in total. The third-order valence-corrected chi connectivity index (χ3v) is 4.66. The Balaban J connectivity index is 1.48. The van der Waals surface area contributed by atoms with Gasteiger partial charge >= 0.3 is 5.97 Å². The molecule has 0 radical (unpaired) electrons. The molecule has 2 N–H and O–H groups in total. The van der Waals surface area contributed by atoms with Gasteiger partial charge in [-0.1, -0.05) is 35.3 Å². The van der Waals surface area contributed by atoms with Crippen LogP contribution in [0.25, 0.3) is 0 Å². The Labute approximate surface area is 189 Å². The highest BCUT2D eigenvalue weighted by Crippen LogP contribution is 2.23. The fraction of sp³-hybridized carbons (Fsp3) is 0.0870. The molecular weight excluding hydrogens is 437 g/mol. The summed E-state index contributed by atoms with van der Waals surface area (Å²) in [4.78, 5) is 24.1. The molecule has 1 amide bonds. The van der Waals surface area contributed by atoms with Gasteiger partial charge in [0.1, 0.15) is 5.75 Å². The first-order valence-corrected chi connectivity index (χ1v) is 10.1. The minimum atomic E-state index is -0.587. The number of ether oxygens (including phenoxy) is 1. The van der Waals surface area contributed by atoms with Gasteiger partial charge in [0, 0.05) is 10.7 Å². The van der Waals surface area contributed by atoms with Gasteiger partial charge in [-0.3, -0.25) is 4.79 Å². The first kappa shape index (κ1) is 22.3. The fourth-order valence-electron chi connectivity index (χ4n) is 2.59. The lowest BCUT2D eigenvalue weighted by Gasteiger charge is -2.06. The maximum atomic E-state index is 12.2. The van der Waals surface area contributed by atoms with Gasteiger partial charge in [-0.2, -0.15) is 5.10 Å². The van der Waals surface area contributed by atoms with Crippen molar-refractivity contribution in [3.05, 3.63) is 93.5 Å². The highest BCUT2D eigenvalue weighted by Gasteiger charge is 2.13. The predicted molar refractivity (Wildman–Crippen MR) is 123 cm³/mol. The molecule has 0 aliphatic heterocycles. The van der Waals surface area contributed by atoms with Crippen LogP contribution in [0.3, 0.4) is 0 Å². The van der Waals surface area contributed by atoms with Gasteiger partial charge in [-0.15, -0.1) is 0 Å². The van der Waals surface area contributed by atoms with Crippen molar-refractivity contribution < 1.29 is 14.3 Å². The first-order valence-electron chi connectivity index (χ1n) is 9.30. The summed E-state index contributed by atoms with van der Waals surface area (Å²) in [6, 6.07) is 18.9. The molecule has 3 aromatic rings. The zero-order valence-corrected chi connectivity index (χ0v) is 18.1. The Morgan fingerprint density at radius 2 is 1.81 bits per heavy atom. The SMILES string of the molecule is Cc1cccc(NCC(=O)NN=Cc2ccc(OC(=O)c3ccc(Cl)cc3Cl)cc2)c1. The topological polar surface area (TPSA) is 79.8 Å². The van der Waals surface area contributed by atoms with E-state index in [9.17, 15) is 9.59 Å². The molecule has 3 aromatic carbocycles. The lowest BCUT2D eigenvalue weighted by molar-refractivity contribution is -0.119. The molecule has 0 aliphatic carbocycles. The Hall–Kier alpha value is -3.35. The number of halogens is 2. The number of esters is 1. The lowest BCUT2D eigenvalue weighted by atomic mass is 10.2. The predicted octanol–water partition coefficient (Wildman–Crippen LogP) is 5.08. The molecule has 0 saturated carbocycles. The van der Waals surface area contributed by atoms with Gasteiger partial charge in [0.15, 0.2) is 0 Å². The van der Waals surface area contributed by atoms with E-state index in [-0.39, 0.29) is 23.0 Å². The zero-order chi connectivity index (χ0) is 22.2. The largest absolute Gasteiger partial charge is 0.423 e. The minimum absolute atomic E-state index is 0.100. The van der Waals surface area contributed by atoms with Crippen LogP contribution in [0.1, 0.15) is 21.5 Å². The maximum Gasteiger partial charge on any atom is 0.345 e. The number of nitrogens with zero attached hydrogens (tertiary/aromatic N) is 1. The average molecular weight is 456 g/mol. The number of carbonyl (C=O) groups is 2. The smallest absolute Gasteiger partial charge is 0.345 e. The number of hydrogen-bond donors (Lipinski definition) is 2. The summed E-state index contributed by atoms with van der Waals surface area (Å²) >= 11 is 11.9. The number of hydrazone groups is 1. The van der Waals surface area contributed by atoms with Crippen LogP contribution in [-0.4, -0.2) is 24.6 Å². The van der Waals surface area contributed by atoms with Gasteiger partial charge < -0.3 is 10.1 Å². The van der Waals surface area contributed by atoms with Crippen molar-refractivity contribution in [3.8, 4) is 5.75 Å². The van der Waals surface area contributed by atoms with E-state index in [4.69, 9.17) is 27.9 Å². The second-order valence-electron chi connectivity index (χ2n) is 6.60. The van der Waals surface area contributed by atoms with E-state index >= 15 is 0 Å². The second-order valence-corrected chi connectivity index (χ2v) is 7.44. The highest BCUT2D eigenvalue weighted by molar-refractivity contribution is 6.36. The van der Waals surface area contributed by atoms with Gasteiger partial charge in [0.05, 0.1) is 23.3 Å². The fourth-order valence-corrected chi connectivity index (χ4v) is 3.08. The molecular formula is C23H19Cl2N3O3. The van der Waals surface area contributed by atoms with Crippen LogP contribution in [-0.2, 0) is 4.79 Å². The van der Waals surface area contributed by atoms with Crippen LogP contribution in [0.15, 0.2) is 71.8 Å². The molecule has 31 heavy (non-hydrogen) atoms. The van der Waals surface area contributed by atoms with E-state index in [0.29, 0.717) is 10.8 Å². The van der Waals surface area contributed by atoms with Crippen LogP contribution in [0.5, 0.6) is 5.75 Å². The summed E-state index contributed by atoms with van der Waals surface area (Å²) in [5.74, 6) is -0.515. The summed E-state index contributed by atoms with van der Waals surface area (Å²) < 4.78 is 5.31. The van der Waals surface area contributed by atoms with Crippen molar-refractivity contribution in [2.24, 2.45) is 5.10 Å². The number of nitrogens with one attached hydrogen (secondary N) is 2. The van der Waals surface area contributed by atoms with E-state index in [1.54, 1.807) is 30.3 Å². The van der Waals surface area contributed by atoms with E-state index < -0.39 is 5.97 Å². The molecule has 0 spiro atoms. The van der Waals surface area contributed by atoms with Crippen molar-refractivity contribution in [2.45, 2.75) is 6.92 Å². The molecule has 0 bridgehead atoms. The van der Waals surface area contributed by atoms with Gasteiger partial charge in [0.2, 0.25) is 0 Å². The Bertz CT molecular complexity index is 1120. The average Bonchev–Trinajstić information content (AvgIpc) is 2.73. The van der Waals surface area contributed by atoms with Crippen LogP contribution in [0.4, 0.5) is 5.69 Å². The number of aryl methyl sites for hydroxylation is 1. The molecule has 0 unspecified atom stereocenters. The molecule has 0 aromatic heterocycles. The van der Waals surface area contributed by atoms with Crippen LogP contribution >= 0.6 is 23.2 Å². The van der Waals surface area contributed by atoms with Crippen LogP contribution in [0, 0.1) is 6.92 Å². The summed E-state index contributed by atoms with van der Waals surface area (Å²) in [6.45, 7) is 2.08. The third-order valence-electron chi connectivity index (χ3n) is 4.12.